The number of nitrogens with zero attached hydrogens (tertiary/aromatic N) is 1. The summed E-state index contributed by atoms with van der Waals surface area (Å²) in [4.78, 5) is 5.38. The van der Waals surface area contributed by atoms with Gasteiger partial charge in [0.05, 0.1) is 13.2 Å². The van der Waals surface area contributed by atoms with E-state index in [4.69, 9.17) is 10.6 Å². The number of pyridine rings is 1. The Morgan fingerprint density at radius 1 is 1.50 bits per heavy atom. The number of hydrogen-bond acceptors (Lipinski definition) is 5. The van der Waals surface area contributed by atoms with E-state index in [1.807, 2.05) is 29.8 Å². The maximum absolute atomic E-state index is 5.63. The van der Waals surface area contributed by atoms with Gasteiger partial charge in [-0.3, -0.25) is 11.3 Å². The van der Waals surface area contributed by atoms with Crippen LogP contribution in [0, 0.1) is 0 Å². The molecule has 0 radical (unpaired) electrons. The molecule has 0 spiro atoms. The molecule has 0 aliphatic heterocycles. The van der Waals surface area contributed by atoms with Gasteiger partial charge in [0.25, 0.3) is 0 Å². The van der Waals surface area contributed by atoms with E-state index in [1.54, 1.807) is 18.4 Å². The monoisotopic (exact) mass is 327 g/mol. The molecule has 0 bridgehead atoms. The number of nitrogens with two attached hydrogens (primary N) is 1. The molecule has 3 N–H and O–H groups in total. The van der Waals surface area contributed by atoms with E-state index in [0.717, 1.165) is 16.5 Å². The SMILES string of the molecule is COc1ccc(CC(NN)c2sccc2Br)cn1. The van der Waals surface area contributed by atoms with Gasteiger partial charge in [0.15, 0.2) is 0 Å². The topological polar surface area (TPSA) is 60.2 Å². The molecule has 0 aliphatic rings. The average Bonchev–Trinajstić information content (AvgIpc) is 2.83. The van der Waals surface area contributed by atoms with Gasteiger partial charge in [0.1, 0.15) is 0 Å². The lowest BCUT2D eigenvalue weighted by atomic mass is 10.1. The van der Waals surface area contributed by atoms with Crippen LogP contribution in [0.25, 0.3) is 0 Å². The standard InChI is InChI=1S/C12H14BrN3OS/c1-17-11-3-2-8(7-15-11)6-10(16-14)12-9(13)4-5-18-12/h2-5,7,10,16H,6,14H2,1H3. The van der Waals surface area contributed by atoms with Crippen molar-refractivity contribution in [2.75, 3.05) is 7.11 Å². The van der Waals surface area contributed by atoms with Gasteiger partial charge < -0.3 is 4.74 Å². The highest BCUT2D eigenvalue weighted by molar-refractivity contribution is 9.10. The van der Waals surface area contributed by atoms with Crippen molar-refractivity contribution in [3.05, 3.63) is 44.7 Å². The predicted molar refractivity (Wildman–Crippen MR) is 76.6 cm³/mol. The third-order valence-corrected chi connectivity index (χ3v) is 4.59. The van der Waals surface area contributed by atoms with E-state index in [-0.39, 0.29) is 6.04 Å². The van der Waals surface area contributed by atoms with Crippen molar-refractivity contribution in [2.45, 2.75) is 12.5 Å². The Balaban J connectivity index is 2.13. The van der Waals surface area contributed by atoms with Crippen LogP contribution in [0.5, 0.6) is 5.88 Å². The molecule has 0 amide bonds. The van der Waals surface area contributed by atoms with Crippen LogP contribution < -0.4 is 16.0 Å². The molecule has 96 valence electrons. The lowest BCUT2D eigenvalue weighted by molar-refractivity contribution is 0.397. The molecule has 0 aromatic carbocycles. The Bertz CT molecular complexity index is 500. The van der Waals surface area contributed by atoms with E-state index in [1.165, 1.54) is 4.88 Å². The number of nitrogens with one attached hydrogen (secondary N) is 1. The van der Waals surface area contributed by atoms with E-state index < -0.39 is 0 Å². The maximum atomic E-state index is 5.63. The Kier molecular flexibility index (Phi) is 4.71. The predicted octanol–water partition coefficient (Wildman–Crippen LogP) is 2.66. The fourth-order valence-corrected chi connectivity index (χ4v) is 3.38. The summed E-state index contributed by atoms with van der Waals surface area (Å²) in [6.07, 6.45) is 2.59. The minimum absolute atomic E-state index is 0.0783. The van der Waals surface area contributed by atoms with E-state index in [2.05, 4.69) is 26.3 Å². The minimum atomic E-state index is 0.0783. The quantitative estimate of drug-likeness (QED) is 0.654. The van der Waals surface area contributed by atoms with Crippen LogP contribution in [-0.2, 0) is 6.42 Å². The molecule has 0 aliphatic carbocycles. The second kappa shape index (κ2) is 6.29. The van der Waals surface area contributed by atoms with Crippen LogP contribution in [0.3, 0.4) is 0 Å². The van der Waals surface area contributed by atoms with Crippen LogP contribution in [0.1, 0.15) is 16.5 Å². The molecule has 4 nitrogen and oxygen atoms in total. The highest BCUT2D eigenvalue weighted by Crippen LogP contribution is 2.30. The summed E-state index contributed by atoms with van der Waals surface area (Å²) in [5.41, 5.74) is 3.95. The van der Waals surface area contributed by atoms with Crippen LogP contribution in [0.15, 0.2) is 34.2 Å². The smallest absolute Gasteiger partial charge is 0.212 e. The zero-order chi connectivity index (χ0) is 13.0. The molecule has 0 saturated carbocycles. The first-order valence-corrected chi connectivity index (χ1v) is 7.09. The van der Waals surface area contributed by atoms with Crippen molar-refractivity contribution in [1.29, 1.82) is 0 Å². The van der Waals surface area contributed by atoms with E-state index >= 15 is 0 Å². The molecule has 6 heteroatoms. The van der Waals surface area contributed by atoms with Crippen LogP contribution in [0.2, 0.25) is 0 Å². The number of ether oxygens (including phenoxy) is 1. The molecule has 2 aromatic rings. The summed E-state index contributed by atoms with van der Waals surface area (Å²) >= 11 is 5.20. The number of aromatic nitrogens is 1. The Morgan fingerprint density at radius 2 is 2.33 bits per heavy atom. The fraction of sp³-hybridized carbons (Fsp3) is 0.250. The van der Waals surface area contributed by atoms with Crippen molar-refractivity contribution in [3.63, 3.8) is 0 Å². The molecule has 18 heavy (non-hydrogen) atoms. The number of hydrogen-bond donors (Lipinski definition) is 2. The Morgan fingerprint density at radius 3 is 2.83 bits per heavy atom. The summed E-state index contributed by atoms with van der Waals surface area (Å²) in [6, 6.07) is 5.95. The van der Waals surface area contributed by atoms with E-state index in [0.29, 0.717) is 5.88 Å². The molecule has 1 unspecified atom stereocenters. The van der Waals surface area contributed by atoms with Crippen molar-refractivity contribution in [1.82, 2.24) is 10.4 Å². The van der Waals surface area contributed by atoms with Gasteiger partial charge in [0.2, 0.25) is 5.88 Å². The largest absolute Gasteiger partial charge is 0.481 e. The lowest BCUT2D eigenvalue weighted by Gasteiger charge is -2.15. The van der Waals surface area contributed by atoms with Crippen molar-refractivity contribution in [2.24, 2.45) is 5.84 Å². The second-order valence-corrected chi connectivity index (χ2v) is 5.57. The zero-order valence-corrected chi connectivity index (χ0v) is 12.3. The van der Waals surface area contributed by atoms with Crippen molar-refractivity contribution >= 4 is 27.3 Å². The number of halogens is 1. The van der Waals surface area contributed by atoms with Crippen LogP contribution in [0.4, 0.5) is 0 Å². The molecule has 0 fully saturated rings. The molecular weight excluding hydrogens is 314 g/mol. The number of hydrazine groups is 1. The molecular formula is C12H14BrN3OS. The van der Waals surface area contributed by atoms with Gasteiger partial charge in [-0.2, -0.15) is 0 Å². The average molecular weight is 328 g/mol. The van der Waals surface area contributed by atoms with Gasteiger partial charge in [-0.15, -0.1) is 11.3 Å². The number of rotatable bonds is 5. The summed E-state index contributed by atoms with van der Waals surface area (Å²) < 4.78 is 6.12. The molecule has 2 rings (SSSR count). The van der Waals surface area contributed by atoms with Crippen LogP contribution >= 0.6 is 27.3 Å². The first kappa shape index (κ1) is 13.5. The normalized spacial score (nSPS) is 12.4. The van der Waals surface area contributed by atoms with Gasteiger partial charge in [-0.05, 0) is 39.4 Å². The summed E-state index contributed by atoms with van der Waals surface area (Å²) in [5.74, 6) is 6.25. The first-order chi connectivity index (χ1) is 8.74. The Labute approximate surface area is 118 Å². The summed E-state index contributed by atoms with van der Waals surface area (Å²) in [6.45, 7) is 0. The molecule has 2 heterocycles. The molecule has 1 atom stereocenters. The third-order valence-electron chi connectivity index (χ3n) is 2.61. The number of thiophene rings is 1. The van der Waals surface area contributed by atoms with Gasteiger partial charge >= 0.3 is 0 Å². The van der Waals surface area contributed by atoms with E-state index in [9.17, 15) is 0 Å². The Hall–Kier alpha value is -0.950. The van der Waals surface area contributed by atoms with Crippen molar-refractivity contribution in [3.8, 4) is 5.88 Å². The molecule has 2 aromatic heterocycles. The number of methoxy groups -OCH3 is 1. The maximum Gasteiger partial charge on any atom is 0.212 e. The van der Waals surface area contributed by atoms with Crippen molar-refractivity contribution < 1.29 is 4.74 Å². The third kappa shape index (κ3) is 3.08. The van der Waals surface area contributed by atoms with Crippen LogP contribution in [-0.4, -0.2) is 12.1 Å². The highest BCUT2D eigenvalue weighted by Gasteiger charge is 2.15. The zero-order valence-electron chi connectivity index (χ0n) is 9.89. The lowest BCUT2D eigenvalue weighted by Crippen LogP contribution is -2.29. The van der Waals surface area contributed by atoms with Gasteiger partial charge in [0, 0.05) is 21.6 Å². The van der Waals surface area contributed by atoms with Gasteiger partial charge in [-0.1, -0.05) is 6.07 Å². The molecule has 0 saturated heterocycles. The fourth-order valence-electron chi connectivity index (χ4n) is 1.67. The minimum Gasteiger partial charge on any atom is -0.481 e. The first-order valence-electron chi connectivity index (χ1n) is 5.42. The summed E-state index contributed by atoms with van der Waals surface area (Å²) in [7, 11) is 1.61. The highest BCUT2D eigenvalue weighted by atomic mass is 79.9. The van der Waals surface area contributed by atoms with Gasteiger partial charge in [-0.25, -0.2) is 4.98 Å². The summed E-state index contributed by atoms with van der Waals surface area (Å²) in [5, 5.41) is 2.04. The second-order valence-electron chi connectivity index (χ2n) is 3.76.